The SMILES string of the molecule is BrC/C1=C/CCCCCCNC#CC1. The van der Waals surface area contributed by atoms with Crippen LogP contribution in [0.2, 0.25) is 0 Å². The molecule has 0 aliphatic carbocycles. The zero-order chi connectivity index (χ0) is 10.1. The van der Waals surface area contributed by atoms with E-state index in [-0.39, 0.29) is 0 Å². The molecule has 0 spiro atoms. The van der Waals surface area contributed by atoms with Gasteiger partial charge < -0.3 is 5.32 Å². The molecule has 0 aromatic carbocycles. The Kier molecular flexibility index (Phi) is 6.61. The molecule has 0 bridgehead atoms. The second kappa shape index (κ2) is 7.94. The number of hydrogen-bond acceptors (Lipinski definition) is 1. The Morgan fingerprint density at radius 3 is 3.00 bits per heavy atom. The molecule has 0 aromatic rings. The first kappa shape index (κ1) is 11.7. The Morgan fingerprint density at radius 2 is 2.14 bits per heavy atom. The summed E-state index contributed by atoms with van der Waals surface area (Å²) in [5.74, 6) is 3.14. The number of rotatable bonds is 1. The van der Waals surface area contributed by atoms with Crippen molar-refractivity contribution in [2.75, 3.05) is 11.9 Å². The summed E-state index contributed by atoms with van der Waals surface area (Å²) < 4.78 is 0. The second-order valence-electron chi connectivity index (χ2n) is 3.60. The van der Waals surface area contributed by atoms with Crippen molar-refractivity contribution in [3.05, 3.63) is 11.6 Å². The highest BCUT2D eigenvalue weighted by molar-refractivity contribution is 9.09. The van der Waals surface area contributed by atoms with Crippen molar-refractivity contribution in [1.29, 1.82) is 0 Å². The molecule has 0 unspecified atom stereocenters. The smallest absolute Gasteiger partial charge is 0.0325 e. The van der Waals surface area contributed by atoms with Gasteiger partial charge in [0.2, 0.25) is 0 Å². The topological polar surface area (TPSA) is 12.0 Å². The van der Waals surface area contributed by atoms with E-state index in [1.807, 2.05) is 0 Å². The molecule has 78 valence electrons. The number of halogens is 1. The summed E-state index contributed by atoms with van der Waals surface area (Å²) in [5, 5.41) is 4.10. The summed E-state index contributed by atoms with van der Waals surface area (Å²) >= 11 is 3.49. The molecule has 1 heterocycles. The maximum atomic E-state index is 3.49. The van der Waals surface area contributed by atoms with Crippen molar-refractivity contribution in [3.63, 3.8) is 0 Å². The number of nitrogens with one attached hydrogen (secondary N) is 1. The Morgan fingerprint density at radius 1 is 1.29 bits per heavy atom. The fourth-order valence-corrected chi connectivity index (χ4v) is 1.90. The average molecular weight is 256 g/mol. The maximum absolute atomic E-state index is 3.49. The lowest BCUT2D eigenvalue weighted by Gasteiger charge is -2.02. The van der Waals surface area contributed by atoms with Crippen LogP contribution in [0.25, 0.3) is 0 Å². The molecule has 0 fully saturated rings. The van der Waals surface area contributed by atoms with Gasteiger partial charge in [0.15, 0.2) is 0 Å². The van der Waals surface area contributed by atoms with Crippen molar-refractivity contribution in [2.24, 2.45) is 0 Å². The van der Waals surface area contributed by atoms with Crippen LogP contribution >= 0.6 is 15.9 Å². The van der Waals surface area contributed by atoms with Crippen LogP contribution in [0.15, 0.2) is 11.6 Å². The van der Waals surface area contributed by atoms with Crippen LogP contribution < -0.4 is 5.32 Å². The van der Waals surface area contributed by atoms with Gasteiger partial charge >= 0.3 is 0 Å². The average Bonchev–Trinajstić information content (AvgIpc) is 2.19. The molecule has 0 saturated heterocycles. The Hall–Kier alpha value is -0.420. The molecular weight excluding hydrogens is 238 g/mol. The summed E-state index contributed by atoms with van der Waals surface area (Å²) in [7, 11) is 0. The van der Waals surface area contributed by atoms with Gasteiger partial charge in [-0.15, -0.1) is 0 Å². The predicted octanol–water partition coefficient (Wildman–Crippen LogP) is 3.21. The third-order valence-corrected chi connectivity index (χ3v) is 3.07. The highest BCUT2D eigenvalue weighted by Gasteiger charge is 1.94. The van der Waals surface area contributed by atoms with Gasteiger partial charge in [-0.1, -0.05) is 46.3 Å². The molecule has 2 heteroatoms. The van der Waals surface area contributed by atoms with E-state index in [0.717, 1.165) is 18.3 Å². The van der Waals surface area contributed by atoms with Gasteiger partial charge in [-0.25, -0.2) is 0 Å². The van der Waals surface area contributed by atoms with Gasteiger partial charge in [0.1, 0.15) is 0 Å². The molecule has 1 aliphatic heterocycles. The summed E-state index contributed by atoms with van der Waals surface area (Å²) in [6, 6.07) is 3.01. The van der Waals surface area contributed by atoms with Crippen molar-refractivity contribution in [3.8, 4) is 12.0 Å². The first-order chi connectivity index (χ1) is 6.93. The van der Waals surface area contributed by atoms with Gasteiger partial charge in [-0.3, -0.25) is 0 Å². The maximum Gasteiger partial charge on any atom is 0.0325 e. The van der Waals surface area contributed by atoms with E-state index >= 15 is 0 Å². The number of allylic oxidation sites excluding steroid dienone is 2. The third-order valence-electron chi connectivity index (χ3n) is 2.35. The van der Waals surface area contributed by atoms with E-state index in [1.54, 1.807) is 0 Å². The molecule has 14 heavy (non-hydrogen) atoms. The second-order valence-corrected chi connectivity index (χ2v) is 4.16. The molecule has 0 radical (unpaired) electrons. The van der Waals surface area contributed by atoms with Gasteiger partial charge in [0, 0.05) is 24.3 Å². The van der Waals surface area contributed by atoms with Crippen molar-refractivity contribution in [1.82, 2.24) is 5.32 Å². The molecule has 0 aromatic heterocycles. The lowest BCUT2D eigenvalue weighted by molar-refractivity contribution is 0.632. The Labute approximate surface area is 95.5 Å². The monoisotopic (exact) mass is 255 g/mol. The van der Waals surface area contributed by atoms with Crippen LogP contribution in [-0.2, 0) is 0 Å². The summed E-state index contributed by atoms with van der Waals surface area (Å²) in [4.78, 5) is 0. The minimum Gasteiger partial charge on any atom is -0.346 e. The van der Waals surface area contributed by atoms with Crippen LogP contribution in [0.5, 0.6) is 0 Å². The molecular formula is C12H18BrN. The van der Waals surface area contributed by atoms with E-state index in [1.165, 1.54) is 37.7 Å². The predicted molar refractivity (Wildman–Crippen MR) is 65.4 cm³/mol. The van der Waals surface area contributed by atoms with Crippen LogP contribution in [-0.4, -0.2) is 11.9 Å². The highest BCUT2D eigenvalue weighted by Crippen LogP contribution is 2.10. The summed E-state index contributed by atoms with van der Waals surface area (Å²) in [5.41, 5.74) is 1.42. The largest absolute Gasteiger partial charge is 0.346 e. The molecule has 1 N–H and O–H groups in total. The normalized spacial score (nSPS) is 22.8. The van der Waals surface area contributed by atoms with E-state index in [9.17, 15) is 0 Å². The molecule has 0 amide bonds. The lowest BCUT2D eigenvalue weighted by Crippen LogP contribution is -2.07. The van der Waals surface area contributed by atoms with Gasteiger partial charge in [0.25, 0.3) is 0 Å². The van der Waals surface area contributed by atoms with Crippen molar-refractivity contribution < 1.29 is 0 Å². The van der Waals surface area contributed by atoms with Gasteiger partial charge in [-0.05, 0) is 19.3 Å². The van der Waals surface area contributed by atoms with Gasteiger partial charge in [-0.2, -0.15) is 0 Å². The Bertz CT molecular complexity index is 234. The summed E-state index contributed by atoms with van der Waals surface area (Å²) in [6.45, 7) is 1.04. The van der Waals surface area contributed by atoms with Gasteiger partial charge in [0.05, 0.1) is 0 Å². The van der Waals surface area contributed by atoms with Crippen LogP contribution in [0.3, 0.4) is 0 Å². The minimum absolute atomic E-state index is 0.901. The molecule has 1 rings (SSSR count). The third kappa shape index (κ3) is 5.34. The minimum atomic E-state index is 0.901. The van der Waals surface area contributed by atoms with E-state index in [0.29, 0.717) is 0 Å². The first-order valence-corrected chi connectivity index (χ1v) is 6.50. The van der Waals surface area contributed by atoms with Crippen LogP contribution in [0, 0.1) is 12.0 Å². The fourth-order valence-electron chi connectivity index (χ4n) is 1.47. The Balaban J connectivity index is 2.43. The van der Waals surface area contributed by atoms with E-state index < -0.39 is 0 Å². The van der Waals surface area contributed by atoms with E-state index in [4.69, 9.17) is 0 Å². The summed E-state index contributed by atoms with van der Waals surface area (Å²) in [6.07, 6.45) is 9.71. The number of alkyl halides is 1. The van der Waals surface area contributed by atoms with Crippen LogP contribution in [0.4, 0.5) is 0 Å². The zero-order valence-electron chi connectivity index (χ0n) is 8.61. The number of hydrogen-bond donors (Lipinski definition) is 1. The van der Waals surface area contributed by atoms with E-state index in [2.05, 4.69) is 39.3 Å². The first-order valence-electron chi connectivity index (χ1n) is 5.38. The molecule has 1 aliphatic rings. The molecule has 0 saturated carbocycles. The van der Waals surface area contributed by atoms with Crippen LogP contribution in [0.1, 0.15) is 38.5 Å². The molecule has 0 atom stereocenters. The van der Waals surface area contributed by atoms with Crippen molar-refractivity contribution >= 4 is 15.9 Å². The lowest BCUT2D eigenvalue weighted by atomic mass is 10.1. The highest BCUT2D eigenvalue weighted by atomic mass is 79.9. The quantitative estimate of drug-likeness (QED) is 0.431. The molecule has 1 nitrogen and oxygen atoms in total. The van der Waals surface area contributed by atoms with Crippen molar-refractivity contribution in [2.45, 2.75) is 38.5 Å². The fraction of sp³-hybridized carbons (Fsp3) is 0.667. The zero-order valence-corrected chi connectivity index (χ0v) is 10.2. The standard InChI is InChI=1S/C12H18BrN/c13-11-12-7-4-2-1-3-5-9-14-10-6-8-12/h7,14H,1-5,8-9,11H2/b12-7+.